The molecule has 0 aliphatic carbocycles. The van der Waals surface area contributed by atoms with Crippen LogP contribution in [0.1, 0.15) is 52.4 Å². The first-order valence-electron chi connectivity index (χ1n) is 5.80. The molecule has 0 bridgehead atoms. The molecule has 0 atom stereocenters. The third-order valence-electron chi connectivity index (χ3n) is 2.81. The average molecular weight is 181 g/mol. The molecule has 0 aromatic carbocycles. The molecule has 1 saturated heterocycles. The number of rotatable bonds is 5. The Hall–Kier alpha value is -0.460. The lowest BCUT2D eigenvalue weighted by molar-refractivity contribution is 0.459. The molecule has 1 heterocycles. The van der Waals surface area contributed by atoms with Crippen molar-refractivity contribution in [1.82, 2.24) is 4.90 Å². The number of hydrogen-bond donors (Lipinski definition) is 0. The number of hydrogen-bond acceptors (Lipinski definition) is 1. The van der Waals surface area contributed by atoms with Crippen LogP contribution in [-0.2, 0) is 0 Å². The molecule has 1 aliphatic rings. The standard InChI is InChI=1S/C12H23N/c1-3-5-8-12(4-2)11-13-9-6-7-10-13/h11H,3-10H2,1-2H3. The van der Waals surface area contributed by atoms with Crippen molar-refractivity contribution in [3.05, 3.63) is 11.8 Å². The van der Waals surface area contributed by atoms with E-state index in [9.17, 15) is 0 Å². The van der Waals surface area contributed by atoms with Crippen LogP contribution < -0.4 is 0 Å². The summed E-state index contributed by atoms with van der Waals surface area (Å²) in [4.78, 5) is 2.49. The summed E-state index contributed by atoms with van der Waals surface area (Å²) in [7, 11) is 0. The minimum atomic E-state index is 1.23. The molecule has 0 N–H and O–H groups in total. The Kier molecular flexibility index (Phi) is 4.95. The van der Waals surface area contributed by atoms with E-state index in [0.717, 1.165) is 0 Å². The molecule has 0 aromatic rings. The summed E-state index contributed by atoms with van der Waals surface area (Å²) >= 11 is 0. The number of nitrogens with zero attached hydrogens (tertiary/aromatic N) is 1. The van der Waals surface area contributed by atoms with Gasteiger partial charge in [-0.05, 0) is 38.3 Å². The first-order chi connectivity index (χ1) is 6.36. The highest BCUT2D eigenvalue weighted by molar-refractivity contribution is 5.01. The van der Waals surface area contributed by atoms with Crippen LogP contribution in [0.15, 0.2) is 11.8 Å². The Morgan fingerprint density at radius 2 is 1.92 bits per heavy atom. The minimum Gasteiger partial charge on any atom is -0.377 e. The third-order valence-corrected chi connectivity index (χ3v) is 2.81. The Bertz CT molecular complexity index is 155. The summed E-state index contributed by atoms with van der Waals surface area (Å²) in [6.07, 6.45) is 10.4. The summed E-state index contributed by atoms with van der Waals surface area (Å²) in [6, 6.07) is 0. The van der Waals surface area contributed by atoms with Crippen molar-refractivity contribution in [2.24, 2.45) is 0 Å². The van der Waals surface area contributed by atoms with Crippen LogP contribution in [-0.4, -0.2) is 18.0 Å². The van der Waals surface area contributed by atoms with Gasteiger partial charge < -0.3 is 4.90 Å². The van der Waals surface area contributed by atoms with E-state index >= 15 is 0 Å². The van der Waals surface area contributed by atoms with Crippen LogP contribution in [0, 0.1) is 0 Å². The van der Waals surface area contributed by atoms with Crippen molar-refractivity contribution in [3.63, 3.8) is 0 Å². The van der Waals surface area contributed by atoms with E-state index in [0.29, 0.717) is 0 Å². The molecule has 0 unspecified atom stereocenters. The van der Waals surface area contributed by atoms with Gasteiger partial charge in [-0.15, -0.1) is 0 Å². The van der Waals surface area contributed by atoms with Crippen molar-refractivity contribution >= 4 is 0 Å². The molecule has 0 amide bonds. The van der Waals surface area contributed by atoms with Gasteiger partial charge in [0.1, 0.15) is 0 Å². The molecule has 1 nitrogen and oxygen atoms in total. The van der Waals surface area contributed by atoms with Crippen molar-refractivity contribution in [2.75, 3.05) is 13.1 Å². The second kappa shape index (κ2) is 6.06. The van der Waals surface area contributed by atoms with Gasteiger partial charge in [-0.25, -0.2) is 0 Å². The molecule has 0 saturated carbocycles. The van der Waals surface area contributed by atoms with Gasteiger partial charge in [-0.2, -0.15) is 0 Å². The average Bonchev–Trinajstić information content (AvgIpc) is 2.64. The maximum Gasteiger partial charge on any atom is 0.0173 e. The summed E-state index contributed by atoms with van der Waals surface area (Å²) in [5.74, 6) is 0. The molecule has 1 heteroatoms. The largest absolute Gasteiger partial charge is 0.377 e. The van der Waals surface area contributed by atoms with Crippen LogP contribution in [0.2, 0.25) is 0 Å². The Morgan fingerprint density at radius 1 is 1.23 bits per heavy atom. The van der Waals surface area contributed by atoms with Gasteiger partial charge in [0.05, 0.1) is 0 Å². The minimum absolute atomic E-state index is 1.23. The molecule has 1 aliphatic heterocycles. The van der Waals surface area contributed by atoms with Crippen LogP contribution in [0.4, 0.5) is 0 Å². The molecule has 1 fully saturated rings. The topological polar surface area (TPSA) is 3.24 Å². The normalized spacial score (nSPS) is 18.3. The van der Waals surface area contributed by atoms with Crippen LogP contribution in [0.3, 0.4) is 0 Å². The SMILES string of the molecule is CCCCC(=CN1CCCC1)CC. The highest BCUT2D eigenvalue weighted by atomic mass is 15.1. The van der Waals surface area contributed by atoms with E-state index in [1.807, 2.05) is 0 Å². The molecular formula is C12H23N. The zero-order valence-corrected chi connectivity index (χ0v) is 9.18. The fourth-order valence-corrected chi connectivity index (χ4v) is 1.87. The lowest BCUT2D eigenvalue weighted by Crippen LogP contribution is -2.11. The Labute approximate surface area is 82.8 Å². The quantitative estimate of drug-likeness (QED) is 0.627. The van der Waals surface area contributed by atoms with E-state index in [4.69, 9.17) is 0 Å². The van der Waals surface area contributed by atoms with Crippen molar-refractivity contribution in [1.29, 1.82) is 0 Å². The van der Waals surface area contributed by atoms with E-state index < -0.39 is 0 Å². The molecule has 76 valence electrons. The number of likely N-dealkylation sites (tertiary alicyclic amines) is 1. The first kappa shape index (κ1) is 10.6. The van der Waals surface area contributed by atoms with Gasteiger partial charge in [-0.3, -0.25) is 0 Å². The zero-order chi connectivity index (χ0) is 9.52. The maximum atomic E-state index is 2.49. The second-order valence-electron chi connectivity index (χ2n) is 3.99. The number of unbranched alkanes of at least 4 members (excludes halogenated alkanes) is 1. The molecule has 0 aromatic heterocycles. The maximum absolute atomic E-state index is 2.49. The van der Waals surface area contributed by atoms with E-state index in [1.54, 1.807) is 5.57 Å². The summed E-state index contributed by atoms with van der Waals surface area (Å²) in [5, 5.41) is 0. The fraction of sp³-hybridized carbons (Fsp3) is 0.833. The fourth-order valence-electron chi connectivity index (χ4n) is 1.87. The van der Waals surface area contributed by atoms with Gasteiger partial charge in [0.25, 0.3) is 0 Å². The van der Waals surface area contributed by atoms with Gasteiger partial charge in [-0.1, -0.05) is 25.8 Å². The van der Waals surface area contributed by atoms with E-state index in [2.05, 4.69) is 24.9 Å². The van der Waals surface area contributed by atoms with Crippen LogP contribution in [0.25, 0.3) is 0 Å². The number of allylic oxidation sites excluding steroid dienone is 1. The Balaban J connectivity index is 2.33. The smallest absolute Gasteiger partial charge is 0.0173 e. The van der Waals surface area contributed by atoms with Gasteiger partial charge in [0.2, 0.25) is 0 Å². The predicted octanol–water partition coefficient (Wildman–Crippen LogP) is 3.57. The Morgan fingerprint density at radius 3 is 2.46 bits per heavy atom. The van der Waals surface area contributed by atoms with Crippen LogP contribution >= 0.6 is 0 Å². The second-order valence-corrected chi connectivity index (χ2v) is 3.99. The summed E-state index contributed by atoms with van der Waals surface area (Å²) < 4.78 is 0. The molecular weight excluding hydrogens is 158 g/mol. The zero-order valence-electron chi connectivity index (χ0n) is 9.18. The molecule has 13 heavy (non-hydrogen) atoms. The van der Waals surface area contributed by atoms with Gasteiger partial charge in [0.15, 0.2) is 0 Å². The predicted molar refractivity (Wildman–Crippen MR) is 58.7 cm³/mol. The van der Waals surface area contributed by atoms with Crippen molar-refractivity contribution in [3.8, 4) is 0 Å². The summed E-state index contributed by atoms with van der Waals surface area (Å²) in [6.45, 7) is 7.12. The molecule has 0 radical (unpaired) electrons. The van der Waals surface area contributed by atoms with Gasteiger partial charge in [0, 0.05) is 13.1 Å². The van der Waals surface area contributed by atoms with Crippen molar-refractivity contribution < 1.29 is 0 Å². The van der Waals surface area contributed by atoms with E-state index in [-0.39, 0.29) is 0 Å². The van der Waals surface area contributed by atoms with Crippen molar-refractivity contribution in [2.45, 2.75) is 52.4 Å². The highest BCUT2D eigenvalue weighted by Gasteiger charge is 2.07. The van der Waals surface area contributed by atoms with E-state index in [1.165, 1.54) is 51.6 Å². The monoisotopic (exact) mass is 181 g/mol. The molecule has 1 rings (SSSR count). The third kappa shape index (κ3) is 3.84. The molecule has 0 spiro atoms. The summed E-state index contributed by atoms with van der Waals surface area (Å²) in [5.41, 5.74) is 1.64. The van der Waals surface area contributed by atoms with Gasteiger partial charge >= 0.3 is 0 Å². The van der Waals surface area contributed by atoms with Crippen LogP contribution in [0.5, 0.6) is 0 Å². The highest BCUT2D eigenvalue weighted by Crippen LogP contribution is 2.15. The lowest BCUT2D eigenvalue weighted by Gasteiger charge is -2.14. The lowest BCUT2D eigenvalue weighted by atomic mass is 10.1. The first-order valence-corrected chi connectivity index (χ1v) is 5.80.